The molecule has 0 aliphatic carbocycles. The fourth-order valence-corrected chi connectivity index (χ4v) is 0.626. The summed E-state index contributed by atoms with van der Waals surface area (Å²) < 4.78 is 15.3. The molecule has 5 nitrogen and oxygen atoms in total. The van der Waals surface area contributed by atoms with E-state index in [2.05, 4.69) is 0 Å². The van der Waals surface area contributed by atoms with Crippen molar-refractivity contribution in [1.82, 2.24) is 0 Å². The molecular weight excluding hydrogens is 212 g/mol. The van der Waals surface area contributed by atoms with E-state index in [4.69, 9.17) is 24.4 Å². The molecule has 0 aromatic carbocycles. The zero-order valence-electron chi connectivity index (χ0n) is 10.6. The average Bonchev–Trinajstić information content (AvgIpc) is 2.29. The van der Waals surface area contributed by atoms with E-state index in [1.807, 2.05) is 13.8 Å². The highest BCUT2D eigenvalue weighted by Gasteiger charge is 1.87. The van der Waals surface area contributed by atoms with Gasteiger partial charge in [-0.05, 0) is 20.8 Å². The van der Waals surface area contributed by atoms with Crippen LogP contribution in [-0.4, -0.2) is 62.6 Å². The van der Waals surface area contributed by atoms with Gasteiger partial charge in [-0.2, -0.15) is 0 Å². The first-order valence-corrected chi connectivity index (χ1v) is 5.71. The van der Waals surface area contributed by atoms with Gasteiger partial charge in [0.25, 0.3) is 0 Å². The van der Waals surface area contributed by atoms with E-state index < -0.39 is 6.10 Å². The van der Waals surface area contributed by atoms with Crippen molar-refractivity contribution in [3.63, 3.8) is 0 Å². The first kappa shape index (κ1) is 18.2. The number of hydrogen-bond acceptors (Lipinski definition) is 5. The third-order valence-electron chi connectivity index (χ3n) is 1.42. The van der Waals surface area contributed by atoms with E-state index in [1.54, 1.807) is 0 Å². The smallest absolute Gasteiger partial charge is 0.0742 e. The maximum Gasteiger partial charge on any atom is 0.0742 e. The predicted molar refractivity (Wildman–Crippen MR) is 62.6 cm³/mol. The van der Waals surface area contributed by atoms with Crippen molar-refractivity contribution in [2.45, 2.75) is 26.9 Å². The molecule has 2 N–H and O–H groups in total. The number of ether oxygens (including phenoxy) is 3. The molecule has 0 rings (SSSR count). The van der Waals surface area contributed by atoms with Crippen molar-refractivity contribution >= 4 is 0 Å². The van der Waals surface area contributed by atoms with Crippen LogP contribution in [0.15, 0.2) is 0 Å². The minimum atomic E-state index is -0.560. The summed E-state index contributed by atoms with van der Waals surface area (Å²) in [5.41, 5.74) is 0. The minimum Gasteiger partial charge on any atom is -0.394 e. The quantitative estimate of drug-likeness (QED) is 0.570. The second-order valence-electron chi connectivity index (χ2n) is 3.04. The van der Waals surface area contributed by atoms with Crippen molar-refractivity contribution in [1.29, 1.82) is 0 Å². The molecule has 100 valence electrons. The Labute approximate surface area is 98.3 Å². The summed E-state index contributed by atoms with van der Waals surface area (Å²) in [6.07, 6.45) is -0.560. The number of hydrogen-bond donors (Lipinski definition) is 2. The van der Waals surface area contributed by atoms with Gasteiger partial charge >= 0.3 is 0 Å². The molecule has 0 saturated heterocycles. The van der Waals surface area contributed by atoms with Gasteiger partial charge in [0.15, 0.2) is 0 Å². The summed E-state index contributed by atoms with van der Waals surface area (Å²) in [5.74, 6) is 0. The van der Waals surface area contributed by atoms with E-state index in [9.17, 15) is 0 Å². The Hall–Kier alpha value is -0.200. The molecule has 0 aliphatic heterocycles. The molecule has 0 saturated carbocycles. The van der Waals surface area contributed by atoms with Crippen LogP contribution in [0.2, 0.25) is 0 Å². The highest BCUT2D eigenvalue weighted by Crippen LogP contribution is 1.79. The van der Waals surface area contributed by atoms with Crippen LogP contribution in [0.1, 0.15) is 20.8 Å². The maximum atomic E-state index is 8.11. The van der Waals surface area contributed by atoms with Crippen LogP contribution >= 0.6 is 0 Å². The van der Waals surface area contributed by atoms with E-state index >= 15 is 0 Å². The first-order valence-electron chi connectivity index (χ1n) is 5.71. The summed E-state index contributed by atoms with van der Waals surface area (Å²) in [6, 6.07) is 0. The van der Waals surface area contributed by atoms with Crippen molar-refractivity contribution in [3.8, 4) is 0 Å². The van der Waals surface area contributed by atoms with Gasteiger partial charge in [0, 0.05) is 13.2 Å². The van der Waals surface area contributed by atoms with E-state index in [-0.39, 0.29) is 6.61 Å². The van der Waals surface area contributed by atoms with Crippen LogP contribution in [0.4, 0.5) is 0 Å². The standard InChI is InChI=1S/C8H18O3.C3H8O2/c1-3-9-5-7-11-8-6-10-4-2;1-3(5)2-4/h3-8H2,1-2H3;3-5H,2H2,1H3. The monoisotopic (exact) mass is 238 g/mol. The Balaban J connectivity index is 0. The van der Waals surface area contributed by atoms with Crippen molar-refractivity contribution in [2.75, 3.05) is 46.2 Å². The molecule has 0 aromatic rings. The summed E-state index contributed by atoms with van der Waals surface area (Å²) >= 11 is 0. The molecule has 5 heteroatoms. The van der Waals surface area contributed by atoms with Crippen molar-refractivity contribution in [3.05, 3.63) is 0 Å². The normalized spacial score (nSPS) is 11.8. The van der Waals surface area contributed by atoms with Crippen molar-refractivity contribution < 1.29 is 24.4 Å². The van der Waals surface area contributed by atoms with Gasteiger partial charge in [0.1, 0.15) is 0 Å². The van der Waals surface area contributed by atoms with Crippen LogP contribution in [0.5, 0.6) is 0 Å². The Morgan fingerprint density at radius 3 is 1.44 bits per heavy atom. The molecule has 0 spiro atoms. The second-order valence-corrected chi connectivity index (χ2v) is 3.04. The Morgan fingerprint density at radius 1 is 0.875 bits per heavy atom. The Kier molecular flexibility index (Phi) is 19.5. The summed E-state index contributed by atoms with van der Waals surface area (Å²) in [6.45, 7) is 9.55. The van der Waals surface area contributed by atoms with Crippen LogP contribution in [0.3, 0.4) is 0 Å². The first-order chi connectivity index (χ1) is 7.68. The Bertz CT molecular complexity index is 101. The molecule has 0 amide bonds. The number of aliphatic hydroxyl groups excluding tert-OH is 2. The van der Waals surface area contributed by atoms with Crippen LogP contribution in [0.25, 0.3) is 0 Å². The van der Waals surface area contributed by atoms with Gasteiger partial charge in [0.2, 0.25) is 0 Å². The molecular formula is C11H26O5. The molecule has 0 bridgehead atoms. The molecule has 1 atom stereocenters. The van der Waals surface area contributed by atoms with Gasteiger partial charge < -0.3 is 24.4 Å². The van der Waals surface area contributed by atoms with Gasteiger partial charge in [0.05, 0.1) is 39.1 Å². The van der Waals surface area contributed by atoms with Crippen LogP contribution in [-0.2, 0) is 14.2 Å². The molecule has 0 heterocycles. The van der Waals surface area contributed by atoms with Crippen LogP contribution < -0.4 is 0 Å². The van der Waals surface area contributed by atoms with Gasteiger partial charge in [-0.1, -0.05) is 0 Å². The molecule has 0 fully saturated rings. The maximum absolute atomic E-state index is 8.11. The second kappa shape index (κ2) is 17.2. The molecule has 0 aliphatic rings. The highest BCUT2D eigenvalue weighted by molar-refractivity contribution is 4.34. The lowest BCUT2D eigenvalue weighted by molar-refractivity contribution is 0.0195. The third kappa shape index (κ3) is 23.5. The lowest BCUT2D eigenvalue weighted by Gasteiger charge is -2.03. The van der Waals surface area contributed by atoms with E-state index in [1.165, 1.54) is 6.92 Å². The molecule has 0 aromatic heterocycles. The van der Waals surface area contributed by atoms with E-state index in [0.717, 1.165) is 13.2 Å². The largest absolute Gasteiger partial charge is 0.394 e. The lowest BCUT2D eigenvalue weighted by Crippen LogP contribution is -2.08. The fourth-order valence-electron chi connectivity index (χ4n) is 0.626. The van der Waals surface area contributed by atoms with Crippen molar-refractivity contribution in [2.24, 2.45) is 0 Å². The predicted octanol–water partition coefficient (Wildman–Crippen LogP) is 0.435. The SMILES string of the molecule is CC(O)CO.CCOCCOCCOCC. The topological polar surface area (TPSA) is 68.2 Å². The van der Waals surface area contributed by atoms with Gasteiger partial charge in [-0.3, -0.25) is 0 Å². The van der Waals surface area contributed by atoms with Crippen LogP contribution in [0, 0.1) is 0 Å². The van der Waals surface area contributed by atoms with Gasteiger partial charge in [-0.25, -0.2) is 0 Å². The summed E-state index contributed by atoms with van der Waals surface area (Å²) in [4.78, 5) is 0. The average molecular weight is 238 g/mol. The number of aliphatic hydroxyl groups is 2. The molecule has 1 unspecified atom stereocenters. The van der Waals surface area contributed by atoms with Gasteiger partial charge in [-0.15, -0.1) is 0 Å². The number of rotatable bonds is 9. The molecule has 0 radical (unpaired) electrons. The summed E-state index contributed by atoms with van der Waals surface area (Å²) in [7, 11) is 0. The zero-order chi connectivity index (χ0) is 12.6. The Morgan fingerprint density at radius 2 is 1.19 bits per heavy atom. The lowest BCUT2D eigenvalue weighted by atomic mass is 10.5. The highest BCUT2D eigenvalue weighted by atomic mass is 16.5. The van der Waals surface area contributed by atoms with E-state index in [0.29, 0.717) is 26.4 Å². The zero-order valence-corrected chi connectivity index (χ0v) is 10.6. The fraction of sp³-hybridized carbons (Fsp3) is 1.00. The summed E-state index contributed by atoms with van der Waals surface area (Å²) in [5, 5.41) is 16.0. The molecule has 16 heavy (non-hydrogen) atoms. The third-order valence-corrected chi connectivity index (χ3v) is 1.42. The minimum absolute atomic E-state index is 0.139.